The number of rotatable bonds is 3. The van der Waals surface area contributed by atoms with Crippen LogP contribution in [0.2, 0.25) is 0 Å². The van der Waals surface area contributed by atoms with Gasteiger partial charge in [0.05, 0.1) is 22.0 Å². The second-order valence-corrected chi connectivity index (χ2v) is 7.55. The molecule has 6 heteroatoms. The Morgan fingerprint density at radius 2 is 2.29 bits per heavy atom. The summed E-state index contributed by atoms with van der Waals surface area (Å²) in [7, 11) is 1.88. The molecule has 0 fully saturated rings. The first-order chi connectivity index (χ1) is 10.1. The van der Waals surface area contributed by atoms with Crippen molar-refractivity contribution in [2.75, 3.05) is 13.6 Å². The van der Waals surface area contributed by atoms with Gasteiger partial charge in [-0.25, -0.2) is 4.98 Å². The van der Waals surface area contributed by atoms with Gasteiger partial charge in [-0.05, 0) is 44.6 Å². The maximum Gasteiger partial charge on any atom is 0.256 e. The fourth-order valence-electron chi connectivity index (χ4n) is 2.92. The average Bonchev–Trinajstić information content (AvgIpc) is 3.03. The van der Waals surface area contributed by atoms with Crippen LogP contribution < -0.4 is 0 Å². The largest absolute Gasteiger partial charge is 0.341 e. The number of fused-ring (bicyclic) bond motifs is 1. The Balaban J connectivity index is 1.75. The predicted octanol–water partition coefficient (Wildman–Crippen LogP) is 3.41. The highest BCUT2D eigenvalue weighted by molar-refractivity contribution is 7.11. The van der Waals surface area contributed by atoms with Crippen LogP contribution in [0.3, 0.4) is 0 Å². The summed E-state index contributed by atoms with van der Waals surface area (Å²) in [6.07, 6.45) is 3.46. The summed E-state index contributed by atoms with van der Waals surface area (Å²) in [6.45, 7) is 4.69. The summed E-state index contributed by atoms with van der Waals surface area (Å²) in [6, 6.07) is 0. The molecular formula is C15H19N3OS2. The molecule has 2 aromatic rings. The predicted molar refractivity (Wildman–Crippen MR) is 86.3 cm³/mol. The Labute approximate surface area is 133 Å². The molecule has 3 rings (SSSR count). The summed E-state index contributed by atoms with van der Waals surface area (Å²) in [5.41, 5.74) is 2.78. The first-order valence-electron chi connectivity index (χ1n) is 7.19. The van der Waals surface area contributed by atoms with Crippen LogP contribution in [0.25, 0.3) is 0 Å². The van der Waals surface area contributed by atoms with Gasteiger partial charge in [-0.3, -0.25) is 4.79 Å². The van der Waals surface area contributed by atoms with Gasteiger partial charge in [0, 0.05) is 29.8 Å². The highest BCUT2D eigenvalue weighted by atomic mass is 32.1. The molecule has 1 aliphatic rings. The van der Waals surface area contributed by atoms with E-state index in [0.717, 1.165) is 35.7 Å². The van der Waals surface area contributed by atoms with Crippen LogP contribution >= 0.6 is 22.9 Å². The third kappa shape index (κ3) is 2.87. The van der Waals surface area contributed by atoms with Crippen molar-refractivity contribution in [2.45, 2.75) is 39.0 Å². The number of aromatic nitrogens is 2. The first-order valence-corrected chi connectivity index (χ1v) is 8.84. The van der Waals surface area contributed by atoms with Gasteiger partial charge in [0.2, 0.25) is 0 Å². The molecule has 0 saturated carbocycles. The lowest BCUT2D eigenvalue weighted by Gasteiger charge is -2.26. The molecule has 0 N–H and O–H groups in total. The number of carbonyl (C=O) groups is 1. The van der Waals surface area contributed by atoms with E-state index in [1.54, 1.807) is 11.3 Å². The van der Waals surface area contributed by atoms with Gasteiger partial charge in [-0.1, -0.05) is 0 Å². The smallest absolute Gasteiger partial charge is 0.256 e. The van der Waals surface area contributed by atoms with Gasteiger partial charge in [-0.15, -0.1) is 11.3 Å². The average molecular weight is 321 g/mol. The second-order valence-electron chi connectivity index (χ2n) is 5.63. The molecule has 0 aromatic carbocycles. The quantitative estimate of drug-likeness (QED) is 0.870. The lowest BCUT2D eigenvalue weighted by Crippen LogP contribution is -2.32. The van der Waals surface area contributed by atoms with E-state index < -0.39 is 0 Å². The highest BCUT2D eigenvalue weighted by Crippen LogP contribution is 2.35. The van der Waals surface area contributed by atoms with Crippen molar-refractivity contribution in [1.29, 1.82) is 0 Å². The van der Waals surface area contributed by atoms with Crippen molar-refractivity contribution >= 4 is 28.8 Å². The van der Waals surface area contributed by atoms with E-state index in [1.165, 1.54) is 28.5 Å². The third-order valence-corrected chi connectivity index (χ3v) is 5.77. The molecule has 0 radical (unpaired) electrons. The Morgan fingerprint density at radius 3 is 3.00 bits per heavy atom. The minimum Gasteiger partial charge on any atom is -0.341 e. The molecule has 4 nitrogen and oxygen atoms in total. The van der Waals surface area contributed by atoms with Crippen LogP contribution in [-0.2, 0) is 6.42 Å². The number of likely N-dealkylation sites (N-methyl/N-ethyl adjacent to an activating group) is 1. The van der Waals surface area contributed by atoms with E-state index in [9.17, 15) is 4.79 Å². The van der Waals surface area contributed by atoms with Gasteiger partial charge in [-0.2, -0.15) is 4.37 Å². The van der Waals surface area contributed by atoms with Crippen molar-refractivity contribution < 1.29 is 4.79 Å². The number of hydrogen-bond acceptors (Lipinski definition) is 5. The van der Waals surface area contributed by atoms with Gasteiger partial charge in [0.1, 0.15) is 0 Å². The van der Waals surface area contributed by atoms with Gasteiger partial charge in [0.25, 0.3) is 5.91 Å². The van der Waals surface area contributed by atoms with E-state index in [1.807, 2.05) is 24.3 Å². The minimum absolute atomic E-state index is 0.0697. The first kappa shape index (κ1) is 14.7. The molecule has 112 valence electrons. The van der Waals surface area contributed by atoms with Crippen molar-refractivity contribution in [3.05, 3.63) is 32.2 Å². The molecule has 1 atom stereocenters. The summed E-state index contributed by atoms with van der Waals surface area (Å²) in [4.78, 5) is 20.4. The van der Waals surface area contributed by atoms with Crippen LogP contribution in [0.15, 0.2) is 5.38 Å². The molecular weight excluding hydrogens is 302 g/mol. The lowest BCUT2D eigenvalue weighted by atomic mass is 9.90. The zero-order valence-electron chi connectivity index (χ0n) is 12.5. The summed E-state index contributed by atoms with van der Waals surface area (Å²) < 4.78 is 4.19. The number of carbonyl (C=O) groups excluding carboxylic acids is 1. The summed E-state index contributed by atoms with van der Waals surface area (Å²) in [5.74, 6) is 0.444. The molecule has 0 bridgehead atoms. The van der Waals surface area contributed by atoms with Crippen molar-refractivity contribution in [3.8, 4) is 0 Å². The van der Waals surface area contributed by atoms with Gasteiger partial charge >= 0.3 is 0 Å². The Hall–Kier alpha value is -1.27. The maximum absolute atomic E-state index is 12.5. The molecule has 2 heterocycles. The molecule has 0 spiro atoms. The van der Waals surface area contributed by atoms with Crippen LogP contribution in [0.4, 0.5) is 0 Å². The Bertz CT molecular complexity index is 662. The summed E-state index contributed by atoms with van der Waals surface area (Å²) >= 11 is 3.15. The molecule has 21 heavy (non-hydrogen) atoms. The molecule has 0 aliphatic heterocycles. The highest BCUT2D eigenvalue weighted by Gasteiger charge is 2.27. The van der Waals surface area contributed by atoms with E-state index >= 15 is 0 Å². The van der Waals surface area contributed by atoms with E-state index in [0.29, 0.717) is 5.92 Å². The SMILES string of the molecule is Cc1nc2c(s1)CCCC2CN(C)C(=O)c1csnc1C. The van der Waals surface area contributed by atoms with Crippen LogP contribution in [0.1, 0.15) is 50.4 Å². The number of thiazole rings is 1. The monoisotopic (exact) mass is 321 g/mol. The number of aryl methyl sites for hydroxylation is 3. The fraction of sp³-hybridized carbons (Fsp3) is 0.533. The topological polar surface area (TPSA) is 46.1 Å². The normalized spacial score (nSPS) is 17.6. The van der Waals surface area contributed by atoms with Gasteiger partial charge < -0.3 is 4.90 Å². The minimum atomic E-state index is 0.0697. The molecule has 0 saturated heterocycles. The number of amides is 1. The summed E-state index contributed by atoms with van der Waals surface area (Å²) in [5, 5.41) is 2.98. The van der Waals surface area contributed by atoms with E-state index in [4.69, 9.17) is 4.98 Å². The van der Waals surface area contributed by atoms with Crippen molar-refractivity contribution in [2.24, 2.45) is 0 Å². The molecule has 2 aromatic heterocycles. The van der Waals surface area contributed by atoms with E-state index in [-0.39, 0.29) is 5.91 Å². The Morgan fingerprint density at radius 1 is 1.48 bits per heavy atom. The van der Waals surface area contributed by atoms with Crippen molar-refractivity contribution in [1.82, 2.24) is 14.3 Å². The lowest BCUT2D eigenvalue weighted by molar-refractivity contribution is 0.0782. The van der Waals surface area contributed by atoms with Crippen LogP contribution in [-0.4, -0.2) is 33.8 Å². The zero-order chi connectivity index (χ0) is 15.0. The molecule has 1 amide bonds. The van der Waals surface area contributed by atoms with Crippen LogP contribution in [0, 0.1) is 13.8 Å². The standard InChI is InChI=1S/C15H19N3OS2/c1-9-12(8-20-17-9)15(19)18(3)7-11-5-4-6-13-14(11)16-10(2)21-13/h8,11H,4-7H2,1-3H3. The number of hydrogen-bond donors (Lipinski definition) is 0. The maximum atomic E-state index is 12.5. The van der Waals surface area contributed by atoms with Crippen molar-refractivity contribution in [3.63, 3.8) is 0 Å². The van der Waals surface area contributed by atoms with Gasteiger partial charge in [0.15, 0.2) is 0 Å². The van der Waals surface area contributed by atoms with E-state index in [2.05, 4.69) is 11.3 Å². The molecule has 1 aliphatic carbocycles. The molecule has 1 unspecified atom stereocenters. The third-order valence-electron chi connectivity index (χ3n) is 4.00. The Kier molecular flexibility index (Phi) is 4.08. The number of nitrogens with zero attached hydrogens (tertiary/aromatic N) is 3. The fourth-order valence-corrected chi connectivity index (χ4v) is 4.67. The van der Waals surface area contributed by atoms with Crippen LogP contribution in [0.5, 0.6) is 0 Å². The zero-order valence-corrected chi connectivity index (χ0v) is 14.2. The second kappa shape index (κ2) is 5.85.